The molecule has 1 aromatic carbocycles. The minimum atomic E-state index is -0.945. The van der Waals surface area contributed by atoms with Crippen LogP contribution >= 0.6 is 11.6 Å². The van der Waals surface area contributed by atoms with Crippen molar-refractivity contribution in [1.29, 1.82) is 0 Å². The zero-order valence-electron chi connectivity index (χ0n) is 9.80. The van der Waals surface area contributed by atoms with Crippen LogP contribution in [0.1, 0.15) is 17.1 Å². The Bertz CT molecular complexity index is 534. The normalized spacial score (nSPS) is 13.1. The van der Waals surface area contributed by atoms with Crippen molar-refractivity contribution < 1.29 is 8.97 Å². The van der Waals surface area contributed by atoms with Gasteiger partial charge in [0.1, 0.15) is 12.5 Å². The van der Waals surface area contributed by atoms with Crippen LogP contribution in [0.2, 0.25) is 0 Å². The van der Waals surface area contributed by atoms with Gasteiger partial charge in [-0.25, -0.2) is 4.98 Å². The average molecular weight is 282 g/mol. The van der Waals surface area contributed by atoms with Gasteiger partial charge in [0.05, 0.1) is 11.6 Å². The van der Waals surface area contributed by atoms with E-state index in [9.17, 15) is 4.55 Å². The first kappa shape index (κ1) is 13.2. The molecule has 0 spiro atoms. The van der Waals surface area contributed by atoms with E-state index in [1.54, 1.807) is 12.3 Å². The zero-order valence-corrected chi connectivity index (χ0v) is 11.4. The van der Waals surface area contributed by atoms with Gasteiger partial charge in [-0.1, -0.05) is 0 Å². The molecule has 0 N–H and O–H groups in total. The number of aromatic nitrogens is 1. The predicted molar refractivity (Wildman–Crippen MR) is 73.8 cm³/mol. The summed E-state index contributed by atoms with van der Waals surface area (Å²) in [7, 11) is 0. The molecule has 0 bridgehead atoms. The highest BCUT2D eigenvalue weighted by Crippen LogP contribution is 2.13. The fraction of sp³-hybridized carbons (Fsp3) is 0.154. The van der Waals surface area contributed by atoms with Crippen molar-refractivity contribution in [2.45, 2.75) is 10.8 Å². The van der Waals surface area contributed by atoms with Crippen molar-refractivity contribution in [3.8, 4) is 0 Å². The first-order chi connectivity index (χ1) is 8.69. The maximum atomic E-state index is 11.2. The average Bonchev–Trinajstić information content (AvgIpc) is 2.85. The molecule has 0 saturated carbocycles. The van der Waals surface area contributed by atoms with Crippen LogP contribution in [0.4, 0.5) is 0 Å². The molecule has 18 heavy (non-hydrogen) atoms. The lowest BCUT2D eigenvalue weighted by atomic mass is 10.2. The van der Waals surface area contributed by atoms with Crippen LogP contribution in [0.25, 0.3) is 12.2 Å². The standard InChI is InChI=1S/C13H12ClNO2S/c1-18(16)12-5-2-10(3-6-12)4-7-13-15-11(8-14)9-17-13/h2-7,9H,8H2,1H3. The van der Waals surface area contributed by atoms with Crippen LogP contribution in [-0.2, 0) is 17.1 Å². The number of benzene rings is 1. The third kappa shape index (κ3) is 3.38. The summed E-state index contributed by atoms with van der Waals surface area (Å²) in [6.07, 6.45) is 6.85. The van der Waals surface area contributed by atoms with Gasteiger partial charge in [-0.3, -0.25) is 0 Å². The van der Waals surface area contributed by atoms with E-state index in [1.807, 2.05) is 30.3 Å². The van der Waals surface area contributed by atoms with Gasteiger partial charge in [-0.2, -0.15) is 0 Å². The first-order valence-corrected chi connectivity index (χ1v) is 7.40. The Labute approximate surface area is 114 Å². The molecule has 94 valence electrons. The fourth-order valence-corrected chi connectivity index (χ4v) is 2.04. The van der Waals surface area contributed by atoms with Gasteiger partial charge >= 0.3 is 0 Å². The summed E-state index contributed by atoms with van der Waals surface area (Å²) >= 11 is 4.68. The van der Waals surface area contributed by atoms with Crippen molar-refractivity contribution in [3.05, 3.63) is 47.7 Å². The van der Waals surface area contributed by atoms with Crippen LogP contribution < -0.4 is 0 Å². The fourth-order valence-electron chi connectivity index (χ4n) is 1.40. The van der Waals surface area contributed by atoms with Crippen LogP contribution in [0, 0.1) is 0 Å². The lowest BCUT2D eigenvalue weighted by Crippen LogP contribution is -1.96. The van der Waals surface area contributed by atoms with Gasteiger partial charge < -0.3 is 8.97 Å². The Kier molecular flexibility index (Phi) is 4.47. The summed E-state index contributed by atoms with van der Waals surface area (Å²) in [4.78, 5) is 4.97. The van der Waals surface area contributed by atoms with E-state index in [0.717, 1.165) is 10.5 Å². The Morgan fingerprint density at radius 2 is 2.06 bits per heavy atom. The predicted octanol–water partition coefficient (Wildman–Crippen LogP) is 3.32. The highest BCUT2D eigenvalue weighted by atomic mass is 35.5. The molecule has 0 aliphatic rings. The molecule has 3 nitrogen and oxygen atoms in total. The van der Waals surface area contributed by atoms with E-state index in [1.165, 1.54) is 6.26 Å². The Morgan fingerprint density at radius 1 is 1.33 bits per heavy atom. The second-order valence-corrected chi connectivity index (χ2v) is 5.31. The Morgan fingerprint density at radius 3 is 2.61 bits per heavy atom. The molecule has 0 amide bonds. The quantitative estimate of drug-likeness (QED) is 0.638. The van der Waals surface area contributed by atoms with Crippen LogP contribution in [0.15, 0.2) is 39.8 Å². The van der Waals surface area contributed by atoms with Crippen molar-refractivity contribution in [2.24, 2.45) is 0 Å². The van der Waals surface area contributed by atoms with E-state index in [2.05, 4.69) is 4.98 Å². The molecule has 1 unspecified atom stereocenters. The molecule has 1 aromatic heterocycles. The molecule has 2 rings (SSSR count). The lowest BCUT2D eigenvalue weighted by Gasteiger charge is -2.03. The van der Waals surface area contributed by atoms with Gasteiger partial charge in [0.25, 0.3) is 0 Å². The van der Waals surface area contributed by atoms with Gasteiger partial charge in [-0.15, -0.1) is 11.6 Å². The maximum Gasteiger partial charge on any atom is 0.218 e. The van der Waals surface area contributed by atoms with Crippen LogP contribution in [0.5, 0.6) is 0 Å². The van der Waals surface area contributed by atoms with Gasteiger partial charge in [-0.05, 0) is 47.1 Å². The molecule has 0 fully saturated rings. The van der Waals surface area contributed by atoms with Crippen LogP contribution in [-0.4, -0.2) is 15.8 Å². The molecule has 0 saturated heterocycles. The van der Waals surface area contributed by atoms with E-state index >= 15 is 0 Å². The Hall–Kier alpha value is -1.23. The van der Waals surface area contributed by atoms with Gasteiger partial charge in [0, 0.05) is 6.08 Å². The van der Waals surface area contributed by atoms with Crippen molar-refractivity contribution in [2.75, 3.05) is 6.26 Å². The van der Waals surface area contributed by atoms with E-state index in [0.29, 0.717) is 17.5 Å². The third-order valence-corrected chi connectivity index (χ3v) is 3.55. The highest BCUT2D eigenvalue weighted by Gasteiger charge is 2.02. The SMILES string of the molecule is C[S+]([O-])c1ccc(C=Cc2nc(CCl)co2)cc1. The summed E-state index contributed by atoms with van der Waals surface area (Å²) in [5.41, 5.74) is 1.71. The topological polar surface area (TPSA) is 49.1 Å². The summed E-state index contributed by atoms with van der Waals surface area (Å²) in [6.45, 7) is 0. The van der Waals surface area contributed by atoms with Crippen molar-refractivity contribution in [1.82, 2.24) is 4.98 Å². The number of rotatable bonds is 4. The number of nitrogens with zero attached hydrogens (tertiary/aromatic N) is 1. The number of hydrogen-bond donors (Lipinski definition) is 0. The third-order valence-electron chi connectivity index (χ3n) is 2.34. The molecule has 1 atom stereocenters. The summed E-state index contributed by atoms with van der Waals surface area (Å²) < 4.78 is 16.4. The molecular formula is C13H12ClNO2S. The number of alkyl halides is 1. The first-order valence-electron chi connectivity index (χ1n) is 5.31. The minimum Gasteiger partial charge on any atom is -0.612 e. The second-order valence-electron chi connectivity index (χ2n) is 3.67. The van der Waals surface area contributed by atoms with E-state index < -0.39 is 11.2 Å². The highest BCUT2D eigenvalue weighted by molar-refractivity contribution is 7.90. The number of halogens is 1. The molecule has 5 heteroatoms. The number of oxazole rings is 1. The molecule has 1 heterocycles. The summed E-state index contributed by atoms with van der Waals surface area (Å²) in [5, 5.41) is 0. The second kappa shape index (κ2) is 6.09. The summed E-state index contributed by atoms with van der Waals surface area (Å²) in [5.74, 6) is 0.864. The zero-order chi connectivity index (χ0) is 13.0. The molecule has 2 aromatic rings. The van der Waals surface area contributed by atoms with Crippen molar-refractivity contribution >= 4 is 34.9 Å². The molecule has 0 aliphatic heterocycles. The smallest absolute Gasteiger partial charge is 0.218 e. The molecule has 0 aliphatic carbocycles. The molecule has 0 radical (unpaired) electrons. The lowest BCUT2D eigenvalue weighted by molar-refractivity contribution is 0.546. The molecular weight excluding hydrogens is 270 g/mol. The van der Waals surface area contributed by atoms with E-state index in [-0.39, 0.29) is 0 Å². The minimum absolute atomic E-state index is 0.342. The van der Waals surface area contributed by atoms with Gasteiger partial charge in [0.2, 0.25) is 5.89 Å². The van der Waals surface area contributed by atoms with Crippen molar-refractivity contribution in [3.63, 3.8) is 0 Å². The Balaban J connectivity index is 2.08. The summed E-state index contributed by atoms with van der Waals surface area (Å²) in [6, 6.07) is 7.49. The van der Waals surface area contributed by atoms with Crippen LogP contribution in [0.3, 0.4) is 0 Å². The number of hydrogen-bond acceptors (Lipinski definition) is 3. The van der Waals surface area contributed by atoms with E-state index in [4.69, 9.17) is 16.0 Å². The largest absolute Gasteiger partial charge is 0.612 e. The monoisotopic (exact) mass is 281 g/mol. The van der Waals surface area contributed by atoms with Gasteiger partial charge in [0.15, 0.2) is 4.90 Å². The maximum absolute atomic E-state index is 11.2.